The maximum absolute atomic E-state index is 12.6. The third kappa shape index (κ3) is 2.58. The van der Waals surface area contributed by atoms with Gasteiger partial charge in [-0.3, -0.25) is 9.59 Å². The van der Waals surface area contributed by atoms with Crippen LogP contribution in [0.2, 0.25) is 0 Å². The minimum atomic E-state index is -1.04. The summed E-state index contributed by atoms with van der Waals surface area (Å²) in [6, 6.07) is 0.0699. The van der Waals surface area contributed by atoms with Crippen molar-refractivity contribution in [1.29, 1.82) is 0 Å². The van der Waals surface area contributed by atoms with Crippen LogP contribution in [0.5, 0.6) is 0 Å². The number of hydrogen-bond donors (Lipinski definition) is 2. The van der Waals surface area contributed by atoms with Gasteiger partial charge in [-0.25, -0.2) is 0 Å². The molecule has 0 aromatic rings. The molecule has 2 aliphatic carbocycles. The molecule has 4 atom stereocenters. The third-order valence-electron chi connectivity index (χ3n) is 5.93. The number of amides is 1. The van der Waals surface area contributed by atoms with E-state index in [2.05, 4.69) is 26.1 Å². The molecule has 2 N–H and O–H groups in total. The Morgan fingerprint density at radius 2 is 1.81 bits per heavy atom. The zero-order chi connectivity index (χ0) is 16.2. The minimum Gasteiger partial charge on any atom is -0.481 e. The van der Waals surface area contributed by atoms with Crippen LogP contribution in [-0.4, -0.2) is 23.0 Å². The molecule has 2 fully saturated rings. The predicted molar refractivity (Wildman–Crippen MR) is 81.7 cm³/mol. The Bertz CT molecular complexity index is 458. The first kappa shape index (κ1) is 16.3. The molecule has 120 valence electrons. The van der Waals surface area contributed by atoms with E-state index < -0.39 is 17.3 Å². The second-order valence-electron chi connectivity index (χ2n) is 8.99. The topological polar surface area (TPSA) is 66.4 Å². The largest absolute Gasteiger partial charge is 0.481 e. The number of fused-ring (bicyclic) bond motifs is 2. The van der Waals surface area contributed by atoms with Crippen molar-refractivity contribution in [2.45, 2.75) is 66.8 Å². The average Bonchev–Trinajstić information content (AvgIpc) is 2.73. The van der Waals surface area contributed by atoms with E-state index in [9.17, 15) is 14.7 Å². The van der Waals surface area contributed by atoms with Crippen LogP contribution in [0, 0.1) is 28.1 Å². The molecule has 4 heteroatoms. The van der Waals surface area contributed by atoms with Crippen molar-refractivity contribution in [1.82, 2.24) is 5.32 Å². The normalized spacial score (nSPS) is 35.5. The number of carbonyl (C=O) groups excluding carboxylic acids is 1. The van der Waals surface area contributed by atoms with E-state index >= 15 is 0 Å². The highest BCUT2D eigenvalue weighted by Crippen LogP contribution is 2.62. The molecule has 0 aliphatic heterocycles. The van der Waals surface area contributed by atoms with Crippen LogP contribution < -0.4 is 5.32 Å². The van der Waals surface area contributed by atoms with Gasteiger partial charge in [0.1, 0.15) is 5.92 Å². The lowest BCUT2D eigenvalue weighted by atomic mass is 9.68. The molecule has 0 aromatic heterocycles. The molecular formula is C17H29NO3. The van der Waals surface area contributed by atoms with Crippen molar-refractivity contribution in [2.75, 3.05) is 0 Å². The maximum Gasteiger partial charge on any atom is 0.316 e. The summed E-state index contributed by atoms with van der Waals surface area (Å²) in [6.07, 6.45) is 3.48. The van der Waals surface area contributed by atoms with Gasteiger partial charge in [0.25, 0.3) is 0 Å². The number of carbonyl (C=O) groups is 2. The number of rotatable bonds is 3. The fourth-order valence-corrected chi connectivity index (χ4v) is 4.76. The van der Waals surface area contributed by atoms with Crippen LogP contribution in [0.4, 0.5) is 0 Å². The standard InChI is InChI=1S/C17H29NO3/c1-15(2,3)11(13(20)21)12(19)18-14-16(4,5)10-7-8-17(14,6)9-10/h10-11,14H,7-9H2,1-6H3,(H,18,19)(H,20,21). The zero-order valence-corrected chi connectivity index (χ0v) is 14.1. The highest BCUT2D eigenvalue weighted by atomic mass is 16.4. The van der Waals surface area contributed by atoms with Crippen LogP contribution >= 0.6 is 0 Å². The summed E-state index contributed by atoms with van der Waals surface area (Å²) in [6.45, 7) is 12.1. The van der Waals surface area contributed by atoms with Crippen LogP contribution in [-0.2, 0) is 9.59 Å². The van der Waals surface area contributed by atoms with Crippen molar-refractivity contribution in [3.8, 4) is 0 Å². The highest BCUT2D eigenvalue weighted by molar-refractivity contribution is 5.98. The summed E-state index contributed by atoms with van der Waals surface area (Å²) in [4.78, 5) is 24.1. The molecule has 4 nitrogen and oxygen atoms in total. The smallest absolute Gasteiger partial charge is 0.316 e. The van der Waals surface area contributed by atoms with E-state index in [-0.39, 0.29) is 22.8 Å². The Labute approximate surface area is 127 Å². The van der Waals surface area contributed by atoms with E-state index in [1.807, 2.05) is 0 Å². The van der Waals surface area contributed by atoms with Gasteiger partial charge in [0.2, 0.25) is 5.91 Å². The summed E-state index contributed by atoms with van der Waals surface area (Å²) in [7, 11) is 0. The Morgan fingerprint density at radius 3 is 2.19 bits per heavy atom. The third-order valence-corrected chi connectivity index (χ3v) is 5.93. The summed E-state index contributed by atoms with van der Waals surface area (Å²) >= 11 is 0. The molecule has 0 radical (unpaired) electrons. The van der Waals surface area contributed by atoms with Crippen molar-refractivity contribution < 1.29 is 14.7 Å². The van der Waals surface area contributed by atoms with Gasteiger partial charge in [-0.15, -0.1) is 0 Å². The lowest BCUT2D eigenvalue weighted by molar-refractivity contribution is -0.152. The molecule has 21 heavy (non-hydrogen) atoms. The number of nitrogens with one attached hydrogen (secondary N) is 1. The quantitative estimate of drug-likeness (QED) is 0.786. The summed E-state index contributed by atoms with van der Waals surface area (Å²) in [5.74, 6) is -1.74. The van der Waals surface area contributed by atoms with Crippen molar-refractivity contribution in [3.63, 3.8) is 0 Å². The molecule has 0 heterocycles. The number of carboxylic acid groups (broad SMARTS) is 1. The van der Waals surface area contributed by atoms with Crippen LogP contribution in [0.1, 0.15) is 60.8 Å². The Kier molecular flexibility index (Phi) is 3.67. The SMILES string of the molecule is CC(C)(C)C(C(=O)O)C(=O)NC1C2(C)CCC(C2)C1(C)C. The molecule has 2 aliphatic rings. The summed E-state index contributed by atoms with van der Waals surface area (Å²) < 4.78 is 0. The maximum atomic E-state index is 12.6. The first-order valence-electron chi connectivity index (χ1n) is 7.93. The Hall–Kier alpha value is -1.06. The van der Waals surface area contributed by atoms with E-state index in [1.165, 1.54) is 6.42 Å². The second kappa shape index (κ2) is 4.72. The first-order chi connectivity index (χ1) is 9.39. The van der Waals surface area contributed by atoms with Gasteiger partial charge >= 0.3 is 5.97 Å². The lowest BCUT2D eigenvalue weighted by Crippen LogP contribution is -2.55. The summed E-state index contributed by atoms with van der Waals surface area (Å²) in [5, 5.41) is 12.5. The van der Waals surface area contributed by atoms with Crippen molar-refractivity contribution in [2.24, 2.45) is 28.1 Å². The van der Waals surface area contributed by atoms with Gasteiger partial charge in [0, 0.05) is 6.04 Å². The molecule has 0 spiro atoms. The molecule has 2 bridgehead atoms. The van der Waals surface area contributed by atoms with Crippen LogP contribution in [0.25, 0.3) is 0 Å². The van der Waals surface area contributed by atoms with Gasteiger partial charge < -0.3 is 10.4 Å². The van der Waals surface area contributed by atoms with Crippen LogP contribution in [0.15, 0.2) is 0 Å². The molecular weight excluding hydrogens is 266 g/mol. The van der Waals surface area contributed by atoms with Gasteiger partial charge in [-0.2, -0.15) is 0 Å². The molecule has 0 aromatic carbocycles. The zero-order valence-electron chi connectivity index (χ0n) is 14.1. The monoisotopic (exact) mass is 295 g/mol. The van der Waals surface area contributed by atoms with Gasteiger partial charge in [-0.05, 0) is 41.4 Å². The molecule has 2 rings (SSSR count). The highest BCUT2D eigenvalue weighted by Gasteiger charge is 2.60. The van der Waals surface area contributed by atoms with Gasteiger partial charge in [-0.1, -0.05) is 41.5 Å². The van der Waals surface area contributed by atoms with Crippen molar-refractivity contribution in [3.05, 3.63) is 0 Å². The Morgan fingerprint density at radius 1 is 1.24 bits per heavy atom. The molecule has 4 unspecified atom stereocenters. The number of aliphatic carboxylic acids is 1. The number of carboxylic acids is 1. The fraction of sp³-hybridized carbons (Fsp3) is 0.882. The van der Waals surface area contributed by atoms with E-state index in [0.29, 0.717) is 5.92 Å². The molecule has 0 saturated heterocycles. The first-order valence-corrected chi connectivity index (χ1v) is 7.93. The van der Waals surface area contributed by atoms with E-state index in [0.717, 1.165) is 12.8 Å². The summed E-state index contributed by atoms with van der Waals surface area (Å²) in [5.41, 5.74) is -0.424. The predicted octanol–water partition coefficient (Wildman–Crippen LogP) is 3.06. The Balaban J connectivity index is 2.21. The van der Waals surface area contributed by atoms with Crippen LogP contribution in [0.3, 0.4) is 0 Å². The molecule has 2 saturated carbocycles. The lowest BCUT2D eigenvalue weighted by Gasteiger charge is -2.44. The van der Waals surface area contributed by atoms with E-state index in [1.54, 1.807) is 20.8 Å². The minimum absolute atomic E-state index is 0.0452. The fourth-order valence-electron chi connectivity index (χ4n) is 4.76. The van der Waals surface area contributed by atoms with E-state index in [4.69, 9.17) is 0 Å². The van der Waals surface area contributed by atoms with Gasteiger partial charge in [0.05, 0.1) is 0 Å². The second-order valence-corrected chi connectivity index (χ2v) is 8.99. The number of hydrogen-bond acceptors (Lipinski definition) is 2. The molecule has 1 amide bonds. The van der Waals surface area contributed by atoms with Crippen molar-refractivity contribution >= 4 is 11.9 Å². The van der Waals surface area contributed by atoms with Gasteiger partial charge in [0.15, 0.2) is 0 Å². The average molecular weight is 295 g/mol.